The predicted molar refractivity (Wildman–Crippen MR) is 82.3 cm³/mol. The van der Waals surface area contributed by atoms with E-state index in [0.29, 0.717) is 19.5 Å². The van der Waals surface area contributed by atoms with Gasteiger partial charge in [0.2, 0.25) is 5.91 Å². The number of rotatable bonds is 5. The van der Waals surface area contributed by atoms with Crippen LogP contribution in [0.4, 0.5) is 0 Å². The van der Waals surface area contributed by atoms with Crippen LogP contribution in [-0.4, -0.2) is 29.5 Å². The Morgan fingerprint density at radius 2 is 2.09 bits per heavy atom. The first-order valence-corrected chi connectivity index (χ1v) is 7.42. The molecule has 1 aromatic heterocycles. The van der Waals surface area contributed by atoms with E-state index in [4.69, 9.17) is 14.9 Å². The molecule has 116 valence electrons. The second kappa shape index (κ2) is 6.23. The van der Waals surface area contributed by atoms with Crippen LogP contribution >= 0.6 is 0 Å². The van der Waals surface area contributed by atoms with Crippen molar-refractivity contribution in [2.75, 3.05) is 6.54 Å². The number of para-hydroxylation sites is 1. The molecule has 22 heavy (non-hydrogen) atoms. The van der Waals surface area contributed by atoms with E-state index < -0.39 is 0 Å². The summed E-state index contributed by atoms with van der Waals surface area (Å²) < 4.78 is 11.5. The van der Waals surface area contributed by atoms with Crippen molar-refractivity contribution in [2.45, 2.75) is 32.0 Å². The highest BCUT2D eigenvalue weighted by molar-refractivity contribution is 5.80. The van der Waals surface area contributed by atoms with Crippen LogP contribution in [-0.2, 0) is 11.3 Å². The Bertz CT molecular complexity index is 638. The van der Waals surface area contributed by atoms with Crippen LogP contribution in [0, 0.1) is 6.92 Å². The van der Waals surface area contributed by atoms with Gasteiger partial charge in [0.05, 0.1) is 12.6 Å². The number of primary amides is 1. The molecule has 3 rings (SSSR count). The van der Waals surface area contributed by atoms with Crippen LogP contribution in [0.1, 0.15) is 17.9 Å². The van der Waals surface area contributed by atoms with Crippen molar-refractivity contribution in [1.29, 1.82) is 0 Å². The molecule has 0 aliphatic carbocycles. The summed E-state index contributed by atoms with van der Waals surface area (Å²) in [6.45, 7) is 3.12. The zero-order chi connectivity index (χ0) is 15.5. The lowest BCUT2D eigenvalue weighted by atomic mass is 10.2. The molecule has 1 aliphatic heterocycles. The van der Waals surface area contributed by atoms with Gasteiger partial charge in [-0.05, 0) is 31.2 Å². The van der Waals surface area contributed by atoms with Gasteiger partial charge in [-0.25, -0.2) is 0 Å². The standard InChI is InChI=1S/C17H20N2O3/c1-12-7-8-14(21-12)10-19-11-15(9-16(19)17(18)20)22-13-5-3-2-4-6-13/h2-8,15-16H,9-11H2,1H3,(H2,18,20)/t15-,16-/m0/s1. The number of nitrogens with two attached hydrogens (primary N) is 1. The zero-order valence-corrected chi connectivity index (χ0v) is 12.6. The van der Waals surface area contributed by atoms with E-state index in [1.165, 1.54) is 0 Å². The molecule has 5 nitrogen and oxygen atoms in total. The number of hydrogen-bond donors (Lipinski definition) is 1. The van der Waals surface area contributed by atoms with Gasteiger partial charge in [0.15, 0.2) is 0 Å². The SMILES string of the molecule is Cc1ccc(CN2C[C@@H](Oc3ccccc3)C[C@H]2C(N)=O)o1. The molecule has 0 bridgehead atoms. The van der Waals surface area contributed by atoms with Gasteiger partial charge in [0.1, 0.15) is 23.4 Å². The van der Waals surface area contributed by atoms with Crippen molar-refractivity contribution in [1.82, 2.24) is 4.90 Å². The maximum atomic E-state index is 11.7. The van der Waals surface area contributed by atoms with Gasteiger partial charge in [-0.3, -0.25) is 9.69 Å². The van der Waals surface area contributed by atoms with Crippen LogP contribution < -0.4 is 10.5 Å². The second-order valence-corrected chi connectivity index (χ2v) is 5.65. The van der Waals surface area contributed by atoms with E-state index in [1.54, 1.807) is 0 Å². The molecule has 5 heteroatoms. The summed E-state index contributed by atoms with van der Waals surface area (Å²) >= 11 is 0. The molecular formula is C17H20N2O3. The number of aryl methyl sites for hydroxylation is 1. The number of carbonyl (C=O) groups is 1. The Morgan fingerprint density at radius 3 is 2.73 bits per heavy atom. The van der Waals surface area contributed by atoms with Gasteiger partial charge in [0.25, 0.3) is 0 Å². The monoisotopic (exact) mass is 300 g/mol. The Morgan fingerprint density at radius 1 is 1.32 bits per heavy atom. The largest absolute Gasteiger partial charge is 0.489 e. The van der Waals surface area contributed by atoms with Gasteiger partial charge in [-0.15, -0.1) is 0 Å². The smallest absolute Gasteiger partial charge is 0.234 e. The lowest BCUT2D eigenvalue weighted by molar-refractivity contribution is -0.122. The summed E-state index contributed by atoms with van der Waals surface area (Å²) in [5.74, 6) is 2.19. The lowest BCUT2D eigenvalue weighted by Crippen LogP contribution is -2.39. The van der Waals surface area contributed by atoms with Gasteiger partial charge < -0.3 is 14.9 Å². The number of furan rings is 1. The van der Waals surface area contributed by atoms with Gasteiger partial charge in [0, 0.05) is 13.0 Å². The van der Waals surface area contributed by atoms with E-state index in [0.717, 1.165) is 17.3 Å². The van der Waals surface area contributed by atoms with Crippen molar-refractivity contribution < 1.29 is 13.9 Å². The van der Waals surface area contributed by atoms with Crippen molar-refractivity contribution >= 4 is 5.91 Å². The molecule has 0 saturated carbocycles. The van der Waals surface area contributed by atoms with Crippen LogP contribution in [0.15, 0.2) is 46.9 Å². The summed E-state index contributed by atoms with van der Waals surface area (Å²) in [5.41, 5.74) is 5.54. The molecule has 1 amide bonds. The van der Waals surface area contributed by atoms with Crippen molar-refractivity contribution in [3.8, 4) is 5.75 Å². The van der Waals surface area contributed by atoms with Gasteiger partial charge in [-0.2, -0.15) is 0 Å². The summed E-state index contributed by atoms with van der Waals surface area (Å²) in [7, 11) is 0. The highest BCUT2D eigenvalue weighted by Crippen LogP contribution is 2.25. The third-order valence-corrected chi connectivity index (χ3v) is 3.89. The number of carbonyl (C=O) groups excluding carboxylic acids is 1. The highest BCUT2D eigenvalue weighted by atomic mass is 16.5. The molecule has 2 aromatic rings. The van der Waals surface area contributed by atoms with Crippen LogP contribution in [0.2, 0.25) is 0 Å². The Labute approximate surface area is 129 Å². The summed E-state index contributed by atoms with van der Waals surface area (Å²) in [6.07, 6.45) is 0.556. The first kappa shape index (κ1) is 14.7. The first-order chi connectivity index (χ1) is 10.6. The molecule has 2 heterocycles. The maximum absolute atomic E-state index is 11.7. The first-order valence-electron chi connectivity index (χ1n) is 7.42. The summed E-state index contributed by atoms with van der Waals surface area (Å²) in [6, 6.07) is 13.2. The number of amides is 1. The molecule has 0 unspecified atom stereocenters. The van der Waals surface area contributed by atoms with E-state index in [-0.39, 0.29) is 18.1 Å². The quantitative estimate of drug-likeness (QED) is 0.918. The fourth-order valence-electron chi connectivity index (χ4n) is 2.88. The van der Waals surface area contributed by atoms with E-state index in [1.807, 2.05) is 54.3 Å². The average Bonchev–Trinajstić information content (AvgIpc) is 3.07. The Kier molecular flexibility index (Phi) is 4.15. The summed E-state index contributed by atoms with van der Waals surface area (Å²) in [5, 5.41) is 0. The highest BCUT2D eigenvalue weighted by Gasteiger charge is 2.37. The maximum Gasteiger partial charge on any atom is 0.234 e. The summed E-state index contributed by atoms with van der Waals surface area (Å²) in [4.78, 5) is 13.7. The number of likely N-dealkylation sites (tertiary alicyclic amines) is 1. The minimum atomic E-state index is -0.320. The van der Waals surface area contributed by atoms with E-state index in [2.05, 4.69) is 0 Å². The third-order valence-electron chi connectivity index (χ3n) is 3.89. The fraction of sp³-hybridized carbons (Fsp3) is 0.353. The van der Waals surface area contributed by atoms with Crippen molar-refractivity contribution in [2.24, 2.45) is 5.73 Å². The normalized spacial score (nSPS) is 21.9. The molecular weight excluding hydrogens is 280 g/mol. The lowest BCUT2D eigenvalue weighted by Gasteiger charge is -2.19. The van der Waals surface area contributed by atoms with Crippen LogP contribution in [0.5, 0.6) is 5.75 Å². The van der Waals surface area contributed by atoms with Crippen LogP contribution in [0.3, 0.4) is 0 Å². The molecule has 1 fully saturated rings. The molecule has 2 atom stereocenters. The molecule has 0 spiro atoms. The Balaban J connectivity index is 1.68. The second-order valence-electron chi connectivity index (χ2n) is 5.65. The predicted octanol–water partition coefficient (Wildman–Crippen LogP) is 2.10. The molecule has 1 aliphatic rings. The molecule has 1 saturated heterocycles. The topological polar surface area (TPSA) is 68.7 Å². The van der Waals surface area contributed by atoms with Crippen molar-refractivity contribution in [3.05, 3.63) is 54.0 Å². The number of nitrogens with zero attached hydrogens (tertiary/aromatic N) is 1. The minimum absolute atomic E-state index is 0.0454. The van der Waals surface area contributed by atoms with E-state index >= 15 is 0 Å². The number of benzene rings is 1. The van der Waals surface area contributed by atoms with E-state index in [9.17, 15) is 4.79 Å². The van der Waals surface area contributed by atoms with Crippen molar-refractivity contribution in [3.63, 3.8) is 0 Å². The third kappa shape index (κ3) is 3.31. The minimum Gasteiger partial charge on any atom is -0.489 e. The Hall–Kier alpha value is -2.27. The fourth-order valence-corrected chi connectivity index (χ4v) is 2.88. The molecule has 2 N–H and O–H groups in total. The number of ether oxygens (including phenoxy) is 1. The molecule has 0 radical (unpaired) electrons. The zero-order valence-electron chi connectivity index (χ0n) is 12.6. The molecule has 1 aromatic carbocycles. The number of hydrogen-bond acceptors (Lipinski definition) is 4. The van der Waals surface area contributed by atoms with Gasteiger partial charge in [-0.1, -0.05) is 18.2 Å². The van der Waals surface area contributed by atoms with Crippen LogP contribution in [0.25, 0.3) is 0 Å². The van der Waals surface area contributed by atoms with Gasteiger partial charge >= 0.3 is 0 Å². The average molecular weight is 300 g/mol.